The minimum atomic E-state index is 0. The molecule has 9 heavy (non-hydrogen) atoms. The zero-order valence-corrected chi connectivity index (χ0v) is 5.58. The molecule has 0 spiro atoms. The van der Waals surface area contributed by atoms with Crippen LogP contribution >= 0.6 is 0 Å². The quantitative estimate of drug-likeness (QED) is 0.454. The SMILES string of the molecule is CN(C)C.F.F.F.F.O. The summed E-state index contributed by atoms with van der Waals surface area (Å²) in [5, 5.41) is 0. The molecule has 0 atom stereocenters. The van der Waals surface area contributed by atoms with Crippen LogP contribution in [0, 0.1) is 0 Å². The lowest BCUT2D eigenvalue weighted by Gasteiger charge is -1.90. The first-order valence-corrected chi connectivity index (χ1v) is 1.34. The molecule has 0 amide bonds. The van der Waals surface area contributed by atoms with Crippen LogP contribution in [-0.4, -0.2) is 31.5 Å². The predicted molar refractivity (Wildman–Crippen MR) is 33.2 cm³/mol. The van der Waals surface area contributed by atoms with Crippen LogP contribution < -0.4 is 0 Å². The van der Waals surface area contributed by atoms with Gasteiger partial charge >= 0.3 is 0 Å². The van der Waals surface area contributed by atoms with E-state index in [9.17, 15) is 0 Å². The van der Waals surface area contributed by atoms with Crippen molar-refractivity contribution in [3.63, 3.8) is 0 Å². The first-order valence-electron chi connectivity index (χ1n) is 1.34. The van der Waals surface area contributed by atoms with Crippen LogP contribution in [0.3, 0.4) is 0 Å². The summed E-state index contributed by atoms with van der Waals surface area (Å²) in [6.45, 7) is 0. The predicted octanol–water partition coefficient (Wildman–Crippen LogP) is -0.0369. The largest absolute Gasteiger partial charge is 0.412 e. The van der Waals surface area contributed by atoms with Gasteiger partial charge in [0.15, 0.2) is 0 Å². The Morgan fingerprint density at radius 3 is 0.667 bits per heavy atom. The molecule has 0 fully saturated rings. The van der Waals surface area contributed by atoms with Crippen LogP contribution in [0.15, 0.2) is 0 Å². The van der Waals surface area contributed by atoms with Crippen LogP contribution in [-0.2, 0) is 0 Å². The Hall–Kier alpha value is -0.360. The van der Waals surface area contributed by atoms with Gasteiger partial charge < -0.3 is 10.4 Å². The standard InChI is InChI=1S/C3H9N.4FH.H2O/c1-4(2)3;;;;;/h1-3H3;4*1H;1H2. The fourth-order valence-corrected chi connectivity index (χ4v) is 0. The normalized spacial score (nSPS) is 4.00. The second-order valence-electron chi connectivity index (χ2n) is 1.34. The Kier molecular flexibility index (Phi) is 389. The average Bonchev–Trinajstić information content (AvgIpc) is 0.811. The van der Waals surface area contributed by atoms with E-state index in [4.69, 9.17) is 0 Å². The Morgan fingerprint density at radius 1 is 0.667 bits per heavy atom. The van der Waals surface area contributed by atoms with Gasteiger partial charge in [-0.3, -0.25) is 18.8 Å². The maximum atomic E-state index is 2.00. The van der Waals surface area contributed by atoms with Crippen LogP contribution in [0.4, 0.5) is 18.8 Å². The molecular formula is C3H15F4NO. The van der Waals surface area contributed by atoms with Crippen LogP contribution in [0.2, 0.25) is 0 Å². The number of halogens is 4. The van der Waals surface area contributed by atoms with Crippen molar-refractivity contribution in [1.82, 2.24) is 4.90 Å². The van der Waals surface area contributed by atoms with Crippen molar-refractivity contribution >= 4 is 0 Å². The Labute approximate surface area is 51.6 Å². The summed E-state index contributed by atoms with van der Waals surface area (Å²) in [5.74, 6) is 0. The van der Waals surface area contributed by atoms with E-state index in [1.54, 1.807) is 0 Å². The molecule has 0 aliphatic heterocycles. The van der Waals surface area contributed by atoms with Gasteiger partial charge in [0.2, 0.25) is 0 Å². The zero-order chi connectivity index (χ0) is 3.58. The molecular weight excluding hydrogens is 142 g/mol. The lowest BCUT2D eigenvalue weighted by molar-refractivity contribution is 0.505. The van der Waals surface area contributed by atoms with Gasteiger partial charge in [0.25, 0.3) is 0 Å². The molecule has 2 nitrogen and oxygen atoms in total. The third-order valence-corrected chi connectivity index (χ3v) is 0. The molecule has 0 aromatic carbocycles. The highest BCUT2D eigenvalue weighted by Gasteiger charge is 1.58. The second-order valence-corrected chi connectivity index (χ2v) is 1.34. The van der Waals surface area contributed by atoms with Crippen molar-refractivity contribution in [2.45, 2.75) is 0 Å². The molecule has 0 heterocycles. The van der Waals surface area contributed by atoms with E-state index in [0.29, 0.717) is 0 Å². The van der Waals surface area contributed by atoms with E-state index < -0.39 is 0 Å². The first-order chi connectivity index (χ1) is 1.73. The molecule has 0 aliphatic carbocycles. The van der Waals surface area contributed by atoms with Gasteiger partial charge in [0.1, 0.15) is 0 Å². The van der Waals surface area contributed by atoms with E-state index >= 15 is 0 Å². The van der Waals surface area contributed by atoms with Gasteiger partial charge in [-0.15, -0.1) is 0 Å². The van der Waals surface area contributed by atoms with Gasteiger partial charge in [-0.25, -0.2) is 0 Å². The van der Waals surface area contributed by atoms with E-state index in [1.807, 2.05) is 26.0 Å². The zero-order valence-electron chi connectivity index (χ0n) is 5.58. The molecule has 0 unspecified atom stereocenters. The smallest absolute Gasteiger partial charge is 0.0140 e. The molecule has 66 valence electrons. The lowest BCUT2D eigenvalue weighted by atomic mass is 11.0. The summed E-state index contributed by atoms with van der Waals surface area (Å²) in [6, 6.07) is 0. The molecule has 0 bridgehead atoms. The summed E-state index contributed by atoms with van der Waals surface area (Å²) in [6.07, 6.45) is 0. The topological polar surface area (TPSA) is 34.7 Å². The number of nitrogens with zero attached hydrogens (tertiary/aromatic N) is 1. The van der Waals surface area contributed by atoms with Gasteiger partial charge in [0.05, 0.1) is 0 Å². The van der Waals surface area contributed by atoms with E-state index in [1.165, 1.54) is 0 Å². The van der Waals surface area contributed by atoms with Crippen molar-refractivity contribution in [2.75, 3.05) is 21.1 Å². The van der Waals surface area contributed by atoms with Gasteiger partial charge in [-0.05, 0) is 21.1 Å². The van der Waals surface area contributed by atoms with Crippen molar-refractivity contribution in [3.8, 4) is 0 Å². The van der Waals surface area contributed by atoms with Gasteiger partial charge in [-0.1, -0.05) is 0 Å². The third-order valence-electron chi connectivity index (χ3n) is 0. The maximum Gasteiger partial charge on any atom is -0.0140 e. The third kappa shape index (κ3) is 1880. The first kappa shape index (κ1) is 72.4. The Balaban J connectivity index is -0.00000000450. The average molecular weight is 157 g/mol. The van der Waals surface area contributed by atoms with E-state index in [0.717, 1.165) is 0 Å². The van der Waals surface area contributed by atoms with Crippen molar-refractivity contribution in [1.29, 1.82) is 0 Å². The molecule has 0 rings (SSSR count). The highest BCUT2D eigenvalue weighted by Crippen LogP contribution is 1.47. The monoisotopic (exact) mass is 157 g/mol. The fourth-order valence-electron chi connectivity index (χ4n) is 0. The van der Waals surface area contributed by atoms with Crippen LogP contribution in [0.1, 0.15) is 0 Å². The van der Waals surface area contributed by atoms with E-state index in [-0.39, 0.29) is 24.3 Å². The summed E-state index contributed by atoms with van der Waals surface area (Å²) < 4.78 is 0. The minimum absolute atomic E-state index is 0. The second kappa shape index (κ2) is 48.3. The summed E-state index contributed by atoms with van der Waals surface area (Å²) in [4.78, 5) is 2.00. The van der Waals surface area contributed by atoms with Crippen molar-refractivity contribution in [3.05, 3.63) is 0 Å². The molecule has 0 aromatic rings. The number of rotatable bonds is 0. The minimum Gasteiger partial charge on any atom is -0.412 e. The highest BCUT2D eigenvalue weighted by molar-refractivity contribution is 4.09. The molecule has 0 aliphatic rings. The van der Waals surface area contributed by atoms with Crippen molar-refractivity contribution in [2.24, 2.45) is 0 Å². The van der Waals surface area contributed by atoms with Gasteiger partial charge in [-0.2, -0.15) is 0 Å². The number of hydrogen-bond acceptors (Lipinski definition) is 1. The van der Waals surface area contributed by atoms with Crippen LogP contribution in [0.25, 0.3) is 0 Å². The Bertz CT molecular complexity index is 20.5. The summed E-state index contributed by atoms with van der Waals surface area (Å²) in [7, 11) is 6.00. The maximum absolute atomic E-state index is 2.00. The van der Waals surface area contributed by atoms with E-state index in [2.05, 4.69) is 0 Å². The Morgan fingerprint density at radius 2 is 0.667 bits per heavy atom. The molecule has 0 saturated carbocycles. The number of hydrogen-bond donors (Lipinski definition) is 0. The van der Waals surface area contributed by atoms with Crippen molar-refractivity contribution < 1.29 is 24.3 Å². The summed E-state index contributed by atoms with van der Waals surface area (Å²) >= 11 is 0. The van der Waals surface area contributed by atoms with Gasteiger partial charge in [0, 0.05) is 0 Å². The molecule has 0 aromatic heterocycles. The molecule has 6 heteroatoms. The fraction of sp³-hybridized carbons (Fsp3) is 1.00. The lowest BCUT2D eigenvalue weighted by Crippen LogP contribution is -1.99. The molecule has 0 saturated heterocycles. The molecule has 0 radical (unpaired) electrons. The highest BCUT2D eigenvalue weighted by atomic mass is 19.0. The summed E-state index contributed by atoms with van der Waals surface area (Å²) in [5.41, 5.74) is 0. The van der Waals surface area contributed by atoms with Crippen LogP contribution in [0.5, 0.6) is 0 Å². The molecule has 2 N–H and O–H groups in total.